The van der Waals surface area contributed by atoms with Gasteiger partial charge in [-0.2, -0.15) is 0 Å². The third-order valence-electron chi connectivity index (χ3n) is 5.41. The molecule has 2 amide bonds. The number of hydrogen-bond acceptors (Lipinski definition) is 8. The molecule has 5 atom stereocenters. The highest BCUT2D eigenvalue weighted by molar-refractivity contribution is 6.37. The molecule has 3 N–H and O–H groups in total. The molecule has 0 aromatic carbocycles. The molecule has 2 saturated heterocycles. The van der Waals surface area contributed by atoms with Gasteiger partial charge in [0.05, 0.1) is 0 Å². The first-order valence-corrected chi connectivity index (χ1v) is 10.7. The summed E-state index contributed by atoms with van der Waals surface area (Å²) in [5.74, 6) is -2.96. The van der Waals surface area contributed by atoms with E-state index in [1.165, 1.54) is 0 Å². The Hall–Kier alpha value is -2.20. The van der Waals surface area contributed by atoms with Crippen molar-refractivity contribution < 1.29 is 38.9 Å². The molecule has 170 valence electrons. The zero-order chi connectivity index (χ0) is 22.3. The summed E-state index contributed by atoms with van der Waals surface area (Å²) < 4.78 is 10.6. The van der Waals surface area contributed by atoms with Crippen molar-refractivity contribution in [3.63, 3.8) is 0 Å². The van der Waals surface area contributed by atoms with Crippen LogP contribution in [0.3, 0.4) is 0 Å². The van der Waals surface area contributed by atoms with Crippen molar-refractivity contribution in [2.45, 2.75) is 95.7 Å². The van der Waals surface area contributed by atoms with Gasteiger partial charge in [0.15, 0.2) is 6.10 Å². The molecular weight excluding hydrogens is 396 g/mol. The Bertz CT molecular complexity index is 640. The van der Waals surface area contributed by atoms with Crippen LogP contribution in [0.5, 0.6) is 0 Å². The van der Waals surface area contributed by atoms with Crippen molar-refractivity contribution in [2.24, 2.45) is 0 Å². The monoisotopic (exact) mass is 428 g/mol. The quantitative estimate of drug-likeness (QED) is 0.237. The van der Waals surface area contributed by atoms with Gasteiger partial charge in [0.1, 0.15) is 31.0 Å². The minimum absolute atomic E-state index is 0.116. The van der Waals surface area contributed by atoms with E-state index in [0.29, 0.717) is 12.8 Å². The lowest BCUT2D eigenvalue weighted by Crippen LogP contribution is -2.69. The van der Waals surface area contributed by atoms with E-state index in [1.54, 1.807) is 0 Å². The fourth-order valence-corrected chi connectivity index (χ4v) is 3.71. The summed E-state index contributed by atoms with van der Waals surface area (Å²) in [5.41, 5.74) is 0. The van der Waals surface area contributed by atoms with Gasteiger partial charge in [-0.15, -0.1) is 0 Å². The zero-order valence-corrected chi connectivity index (χ0v) is 17.5. The number of nitrogens with zero attached hydrogens (tertiary/aromatic N) is 1. The van der Waals surface area contributed by atoms with Crippen LogP contribution in [-0.4, -0.2) is 76.0 Å². The van der Waals surface area contributed by atoms with Crippen molar-refractivity contribution >= 4 is 23.8 Å². The molecule has 2 heterocycles. The second-order valence-corrected chi connectivity index (χ2v) is 7.73. The van der Waals surface area contributed by atoms with Gasteiger partial charge in [-0.25, -0.2) is 0 Å². The molecule has 0 bridgehead atoms. The van der Waals surface area contributed by atoms with Crippen LogP contribution in [0, 0.1) is 0 Å². The molecule has 10 nitrogen and oxygen atoms in total. The van der Waals surface area contributed by atoms with E-state index < -0.39 is 54.3 Å². The molecule has 0 saturated carbocycles. The maximum absolute atomic E-state index is 12.3. The maximum Gasteiger partial charge on any atom is 0.314 e. The number of aliphatic hydroxyl groups excluding tert-OH is 2. The second-order valence-electron chi connectivity index (χ2n) is 7.73. The first kappa shape index (κ1) is 24.1. The van der Waals surface area contributed by atoms with Crippen molar-refractivity contribution in [1.29, 1.82) is 0 Å². The normalized spacial score (nSPS) is 28.1. The number of rotatable bonds is 11. The largest absolute Gasteiger partial charge is 0.463 e. The second kappa shape index (κ2) is 11.3. The van der Waals surface area contributed by atoms with E-state index in [2.05, 4.69) is 5.32 Å². The van der Waals surface area contributed by atoms with Gasteiger partial charge in [-0.1, -0.05) is 39.5 Å². The van der Waals surface area contributed by atoms with Crippen LogP contribution in [0.4, 0.5) is 0 Å². The Morgan fingerprint density at radius 3 is 2.17 bits per heavy atom. The first-order chi connectivity index (χ1) is 14.3. The summed E-state index contributed by atoms with van der Waals surface area (Å²) in [6.45, 7) is 3.63. The average Bonchev–Trinajstić information content (AvgIpc) is 3.01. The Morgan fingerprint density at radius 1 is 0.967 bits per heavy atom. The van der Waals surface area contributed by atoms with Gasteiger partial charge in [0.25, 0.3) is 0 Å². The Morgan fingerprint density at radius 2 is 1.57 bits per heavy atom. The van der Waals surface area contributed by atoms with Crippen molar-refractivity contribution in [3.8, 4) is 0 Å². The van der Waals surface area contributed by atoms with E-state index in [4.69, 9.17) is 9.47 Å². The van der Waals surface area contributed by atoms with Crippen molar-refractivity contribution in [1.82, 2.24) is 10.2 Å². The van der Waals surface area contributed by atoms with Crippen LogP contribution in [0.2, 0.25) is 0 Å². The zero-order valence-electron chi connectivity index (χ0n) is 17.5. The molecule has 1 unspecified atom stereocenters. The van der Waals surface area contributed by atoms with E-state index in [9.17, 15) is 29.4 Å². The van der Waals surface area contributed by atoms with Gasteiger partial charge in [-0.05, 0) is 12.8 Å². The van der Waals surface area contributed by atoms with Gasteiger partial charge < -0.3 is 29.9 Å². The molecule has 2 fully saturated rings. The number of nitrogens with one attached hydrogen (secondary N) is 1. The van der Waals surface area contributed by atoms with Crippen molar-refractivity contribution in [3.05, 3.63) is 0 Å². The average molecular weight is 428 g/mol. The predicted molar refractivity (Wildman–Crippen MR) is 104 cm³/mol. The summed E-state index contributed by atoms with van der Waals surface area (Å²) in [7, 11) is 0. The van der Waals surface area contributed by atoms with Gasteiger partial charge in [0, 0.05) is 12.8 Å². The molecule has 0 aromatic heterocycles. The van der Waals surface area contributed by atoms with Gasteiger partial charge in [-0.3, -0.25) is 19.2 Å². The molecule has 0 spiro atoms. The lowest BCUT2D eigenvalue weighted by molar-refractivity contribution is -0.198. The number of piperidine rings is 1. The summed E-state index contributed by atoms with van der Waals surface area (Å²) in [6.07, 6.45) is -0.508. The maximum atomic E-state index is 12.3. The highest BCUT2D eigenvalue weighted by atomic mass is 16.6. The summed E-state index contributed by atoms with van der Waals surface area (Å²) in [4.78, 5) is 49.4. The molecule has 0 aromatic rings. The number of esters is 2. The van der Waals surface area contributed by atoms with Crippen molar-refractivity contribution in [2.75, 3.05) is 6.61 Å². The van der Waals surface area contributed by atoms with Gasteiger partial charge in [0.2, 0.25) is 0 Å². The number of ether oxygens (including phenoxy) is 2. The molecule has 0 radical (unpaired) electrons. The van der Waals surface area contributed by atoms with Crippen LogP contribution in [0.25, 0.3) is 0 Å². The molecular formula is C20H32N2O8. The first-order valence-electron chi connectivity index (χ1n) is 10.7. The van der Waals surface area contributed by atoms with E-state index in [-0.39, 0.29) is 19.4 Å². The number of amides is 2. The molecule has 2 aliphatic rings. The minimum atomic E-state index is -1.56. The predicted octanol–water partition coefficient (Wildman–Crippen LogP) is -0.00950. The lowest BCUT2D eigenvalue weighted by atomic mass is 9.92. The van der Waals surface area contributed by atoms with Crippen LogP contribution < -0.4 is 5.32 Å². The fraction of sp³-hybridized carbons (Fsp3) is 0.800. The Balaban J connectivity index is 2.13. The van der Waals surface area contributed by atoms with Crippen LogP contribution in [0.15, 0.2) is 0 Å². The number of carbonyl (C=O) groups excluding carboxylic acids is 4. The van der Waals surface area contributed by atoms with Gasteiger partial charge >= 0.3 is 23.8 Å². The fourth-order valence-electron chi connectivity index (χ4n) is 3.71. The highest BCUT2D eigenvalue weighted by Crippen LogP contribution is 2.29. The number of aliphatic hydroxyl groups is 2. The minimum Gasteiger partial charge on any atom is -0.463 e. The molecule has 0 aliphatic carbocycles. The SMILES string of the molecule is CCCCCC(=O)OC[C@@H]1[C@@H](OC(=O)CCCCC)[C@H](O)[C@H](O)C2NC(=O)C(=O)N21. The number of hydrogen-bond donors (Lipinski definition) is 3. The Kier molecular flexibility index (Phi) is 9.04. The number of carbonyl (C=O) groups is 4. The highest BCUT2D eigenvalue weighted by Gasteiger charge is 2.57. The third-order valence-corrected chi connectivity index (χ3v) is 5.41. The Labute approximate surface area is 175 Å². The lowest BCUT2D eigenvalue weighted by Gasteiger charge is -2.45. The number of unbranched alkanes of at least 4 members (excludes halogenated alkanes) is 4. The van der Waals surface area contributed by atoms with Crippen LogP contribution in [-0.2, 0) is 28.7 Å². The number of fused-ring (bicyclic) bond motifs is 1. The standard InChI is InChI=1S/C20H32N2O8/c1-3-5-7-9-13(23)29-11-12-17(30-14(24)10-8-6-4-2)15(25)16(26)18-21-19(27)20(28)22(12)18/h12,15-18,25-26H,3-11H2,1-2H3,(H,21,27)/t12-,15-,16+,17-,18?/m1/s1. The summed E-state index contributed by atoms with van der Waals surface area (Å²) in [5, 5.41) is 23.2. The molecule has 2 aliphatic heterocycles. The summed E-state index contributed by atoms with van der Waals surface area (Å²) >= 11 is 0. The topological polar surface area (TPSA) is 142 Å². The van der Waals surface area contributed by atoms with E-state index >= 15 is 0 Å². The molecule has 2 rings (SSSR count). The summed E-state index contributed by atoms with van der Waals surface area (Å²) in [6, 6.07) is -1.09. The smallest absolute Gasteiger partial charge is 0.314 e. The van der Waals surface area contributed by atoms with E-state index in [0.717, 1.165) is 30.6 Å². The van der Waals surface area contributed by atoms with E-state index in [1.807, 2.05) is 13.8 Å². The molecule has 30 heavy (non-hydrogen) atoms. The molecule has 10 heteroatoms. The third kappa shape index (κ3) is 5.69. The van der Waals surface area contributed by atoms with Crippen LogP contribution >= 0.6 is 0 Å². The van der Waals surface area contributed by atoms with Crippen LogP contribution in [0.1, 0.15) is 65.2 Å².